The highest BCUT2D eigenvalue weighted by molar-refractivity contribution is 7.23. The van der Waals surface area contributed by atoms with Gasteiger partial charge >= 0.3 is 12.2 Å². The van der Waals surface area contributed by atoms with Crippen LogP contribution in [0.2, 0.25) is 0 Å². The van der Waals surface area contributed by atoms with E-state index in [1.54, 1.807) is 4.90 Å². The van der Waals surface area contributed by atoms with Gasteiger partial charge in [-0.05, 0) is 68.6 Å². The van der Waals surface area contributed by atoms with Crippen molar-refractivity contribution in [2.24, 2.45) is 0 Å². The molecule has 2 aromatic carbocycles. The molecule has 0 bridgehead atoms. The van der Waals surface area contributed by atoms with Gasteiger partial charge in [-0.1, -0.05) is 12.6 Å². The van der Waals surface area contributed by atoms with Crippen LogP contribution in [0.15, 0.2) is 36.9 Å². The summed E-state index contributed by atoms with van der Waals surface area (Å²) in [6, 6.07) is 5.63. The van der Waals surface area contributed by atoms with Crippen LogP contribution in [0, 0.1) is 17.1 Å². The van der Waals surface area contributed by atoms with Crippen LogP contribution in [-0.2, 0) is 11.0 Å². The van der Waals surface area contributed by atoms with Crippen LogP contribution < -0.4 is 15.4 Å². The van der Waals surface area contributed by atoms with Crippen molar-refractivity contribution >= 4 is 49.1 Å². The summed E-state index contributed by atoms with van der Waals surface area (Å²) in [6.45, 7) is 8.92. The zero-order valence-electron chi connectivity index (χ0n) is 27.4. The molecule has 0 saturated carbocycles. The second-order valence-corrected chi connectivity index (χ2v) is 14.5. The van der Waals surface area contributed by atoms with Crippen molar-refractivity contribution in [2.45, 2.75) is 63.1 Å². The Morgan fingerprint density at radius 3 is 2.70 bits per heavy atom. The zero-order valence-corrected chi connectivity index (χ0v) is 28.2. The smallest absolute Gasteiger partial charge is 0.417 e. The second kappa shape index (κ2) is 12.3. The molecule has 2 aromatic heterocycles. The number of fused-ring (bicyclic) bond motifs is 3. The third kappa shape index (κ3) is 5.58. The molecule has 4 unspecified atom stereocenters. The Labute approximate surface area is 288 Å². The minimum atomic E-state index is -4.88. The number of alkyl halides is 4. The van der Waals surface area contributed by atoms with E-state index in [1.807, 2.05) is 24.8 Å². The highest BCUT2D eigenvalue weighted by atomic mass is 32.1. The normalized spacial score (nSPS) is 24.2. The van der Waals surface area contributed by atoms with E-state index in [0.29, 0.717) is 13.0 Å². The van der Waals surface area contributed by atoms with Crippen LogP contribution in [-0.4, -0.2) is 82.3 Å². The number of hydrogen-bond donors (Lipinski definition) is 1. The molecule has 4 atom stereocenters. The highest BCUT2D eigenvalue weighted by Gasteiger charge is 2.49. The number of rotatable bonds is 6. The van der Waals surface area contributed by atoms with E-state index in [9.17, 15) is 18.8 Å². The molecular formula is C35H34F5N7O2S. The monoisotopic (exact) mass is 711 g/mol. The van der Waals surface area contributed by atoms with Gasteiger partial charge in [0.05, 0.1) is 26.9 Å². The summed E-state index contributed by atoms with van der Waals surface area (Å²) in [5, 5.41) is 9.92. The van der Waals surface area contributed by atoms with Crippen molar-refractivity contribution in [3.8, 4) is 23.2 Å². The van der Waals surface area contributed by atoms with Gasteiger partial charge in [0.15, 0.2) is 0 Å². The quantitative estimate of drug-likeness (QED) is 0.174. The predicted molar refractivity (Wildman–Crippen MR) is 181 cm³/mol. The maximum atomic E-state index is 15.0. The summed E-state index contributed by atoms with van der Waals surface area (Å²) in [7, 11) is 0. The molecular weight excluding hydrogens is 677 g/mol. The molecule has 2 N–H and O–H groups in total. The van der Waals surface area contributed by atoms with Gasteiger partial charge in [-0.3, -0.25) is 9.69 Å². The van der Waals surface area contributed by atoms with Gasteiger partial charge in [0.2, 0.25) is 5.91 Å². The number of halogens is 5. The first kappa shape index (κ1) is 33.9. The lowest BCUT2D eigenvalue weighted by atomic mass is 9.93. The van der Waals surface area contributed by atoms with E-state index >= 15 is 13.2 Å². The van der Waals surface area contributed by atoms with Gasteiger partial charge in [-0.15, -0.1) is 11.3 Å². The first-order valence-electron chi connectivity index (χ1n) is 16.3. The van der Waals surface area contributed by atoms with Gasteiger partial charge in [0.1, 0.15) is 35.5 Å². The Morgan fingerprint density at radius 1 is 1.20 bits per heavy atom. The number of nitrogens with two attached hydrogens (primary N) is 1. The Kier molecular flexibility index (Phi) is 8.38. The standard InChI is InChI=1S/C35H34F5N7O2S/c1-4-28(48)46-14-19(3)47(15-18(46)2)32-23-10-25(35(38,39)40)22(21-6-7-26(37)30-29(21)24(13-41)31(42)50-30)11-27(23)43-33(44-32)49-17-34-8-5-9-45(34)16-20(36)12-34/h4,6-7,10-11,18-20H,1,5,8-9,12,14-17,42H2,2-3H3. The van der Waals surface area contributed by atoms with Crippen molar-refractivity contribution in [1.82, 2.24) is 19.8 Å². The van der Waals surface area contributed by atoms with Crippen molar-refractivity contribution in [3.63, 3.8) is 0 Å². The lowest BCUT2D eigenvalue weighted by molar-refractivity contribution is -0.137. The average Bonchev–Trinajstić information content (AvgIpc) is 3.72. The van der Waals surface area contributed by atoms with E-state index in [2.05, 4.69) is 16.5 Å². The number of piperazine rings is 1. The molecule has 0 aliphatic carbocycles. The third-order valence-corrected chi connectivity index (χ3v) is 11.3. The molecule has 7 rings (SSSR count). The number of benzene rings is 2. The number of carbonyl (C=O) groups is 1. The second-order valence-electron chi connectivity index (χ2n) is 13.4. The van der Waals surface area contributed by atoms with Gasteiger partial charge < -0.3 is 20.3 Å². The topological polar surface area (TPSA) is 112 Å². The number of thiophene rings is 1. The summed E-state index contributed by atoms with van der Waals surface area (Å²) in [5.74, 6) is -0.787. The van der Waals surface area contributed by atoms with Crippen molar-refractivity contribution in [3.05, 3.63) is 53.9 Å². The predicted octanol–water partition coefficient (Wildman–Crippen LogP) is 6.69. The minimum absolute atomic E-state index is 0.0107. The lowest BCUT2D eigenvalue weighted by Gasteiger charge is -2.44. The number of hydrogen-bond acceptors (Lipinski definition) is 9. The first-order valence-corrected chi connectivity index (χ1v) is 17.1. The van der Waals surface area contributed by atoms with Crippen LogP contribution in [0.5, 0.6) is 6.01 Å². The van der Waals surface area contributed by atoms with Crippen LogP contribution >= 0.6 is 11.3 Å². The molecule has 4 aromatic rings. The van der Waals surface area contributed by atoms with Crippen molar-refractivity contribution in [2.75, 3.05) is 43.4 Å². The summed E-state index contributed by atoms with van der Waals surface area (Å²) >= 11 is 0.791. The summed E-state index contributed by atoms with van der Waals surface area (Å²) < 4.78 is 80.7. The molecule has 0 spiro atoms. The fraction of sp³-hybridized carbons (Fsp3) is 0.429. The Hall–Kier alpha value is -4.55. The third-order valence-electron chi connectivity index (χ3n) is 10.3. The van der Waals surface area contributed by atoms with E-state index in [4.69, 9.17) is 15.5 Å². The number of amides is 1. The number of nitrogen functional groups attached to an aromatic ring is 1. The fourth-order valence-corrected chi connectivity index (χ4v) is 8.85. The molecule has 1 amide bonds. The highest BCUT2D eigenvalue weighted by Crippen LogP contribution is 2.47. The Balaban J connectivity index is 1.42. The molecule has 262 valence electrons. The van der Waals surface area contributed by atoms with Crippen LogP contribution in [0.4, 0.5) is 32.8 Å². The fourth-order valence-electron chi connectivity index (χ4n) is 7.90. The van der Waals surface area contributed by atoms with Gasteiger partial charge in [-0.2, -0.15) is 28.4 Å². The van der Waals surface area contributed by atoms with E-state index in [-0.39, 0.29) is 92.2 Å². The minimum Gasteiger partial charge on any atom is -0.461 e. The molecule has 50 heavy (non-hydrogen) atoms. The first-order chi connectivity index (χ1) is 23.7. The largest absolute Gasteiger partial charge is 0.461 e. The number of ether oxygens (including phenoxy) is 1. The van der Waals surface area contributed by atoms with Gasteiger partial charge in [0.25, 0.3) is 0 Å². The van der Waals surface area contributed by atoms with E-state index in [0.717, 1.165) is 42.9 Å². The van der Waals surface area contributed by atoms with Gasteiger partial charge in [0, 0.05) is 48.9 Å². The van der Waals surface area contributed by atoms with Crippen molar-refractivity contribution < 1.29 is 31.5 Å². The summed E-state index contributed by atoms with van der Waals surface area (Å²) in [4.78, 5) is 27.4. The summed E-state index contributed by atoms with van der Waals surface area (Å²) in [5.41, 5.74) is 4.10. The Bertz CT molecular complexity index is 2080. The van der Waals surface area contributed by atoms with Crippen LogP contribution in [0.1, 0.15) is 44.2 Å². The number of nitrogens with zero attached hydrogens (tertiary/aromatic N) is 6. The van der Waals surface area contributed by atoms with Crippen molar-refractivity contribution in [1.29, 1.82) is 5.26 Å². The Morgan fingerprint density at radius 2 is 1.98 bits per heavy atom. The average molecular weight is 712 g/mol. The maximum Gasteiger partial charge on any atom is 0.417 e. The zero-order chi connectivity index (χ0) is 35.7. The summed E-state index contributed by atoms with van der Waals surface area (Å²) in [6.07, 6.45) is -2.74. The van der Waals surface area contributed by atoms with E-state index in [1.165, 1.54) is 18.2 Å². The van der Waals surface area contributed by atoms with E-state index < -0.39 is 29.3 Å². The molecule has 15 heteroatoms. The van der Waals surface area contributed by atoms with Crippen LogP contribution in [0.25, 0.3) is 32.1 Å². The maximum absolute atomic E-state index is 15.0. The number of anilines is 2. The lowest BCUT2D eigenvalue weighted by Crippen LogP contribution is -2.58. The SMILES string of the molecule is C=CC(=O)N1CC(C)N(c2nc(OCC34CCCN3CC(F)C4)nc3cc(-c4ccc(F)c5sc(N)c(C#N)c45)c(C(F)(F)F)cc23)CC1C. The number of nitriles is 1. The van der Waals surface area contributed by atoms with Gasteiger partial charge in [-0.25, -0.2) is 8.78 Å². The van der Waals surface area contributed by atoms with Crippen LogP contribution in [0.3, 0.4) is 0 Å². The molecule has 9 nitrogen and oxygen atoms in total. The molecule has 0 radical (unpaired) electrons. The number of carbonyl (C=O) groups excluding carboxylic acids is 1. The molecule has 5 heterocycles. The molecule has 3 aliphatic rings. The molecule has 3 fully saturated rings. The number of aromatic nitrogens is 2. The molecule has 3 aliphatic heterocycles. The molecule has 3 saturated heterocycles.